The van der Waals surface area contributed by atoms with Gasteiger partial charge >= 0.3 is 17.9 Å². The van der Waals surface area contributed by atoms with Crippen LogP contribution in [-0.2, 0) is 28.6 Å². The van der Waals surface area contributed by atoms with Crippen molar-refractivity contribution in [1.29, 1.82) is 0 Å². The van der Waals surface area contributed by atoms with Crippen LogP contribution < -0.4 is 0 Å². The Hall–Kier alpha value is -1.59. The zero-order valence-electron chi connectivity index (χ0n) is 48.7. The monoisotopic (exact) mass is 1000 g/mol. The SMILES string of the molecule is CCCCCCCCCCCCCCCCCCCCCC(=O)OC[C@H](COC(=O)CCCCCCCCCCCCCCCC(C)C)OC(=O)CCCCCCCCCCCCCCCCCCCC. The van der Waals surface area contributed by atoms with E-state index in [-0.39, 0.29) is 31.1 Å². The van der Waals surface area contributed by atoms with E-state index in [4.69, 9.17) is 14.2 Å². The van der Waals surface area contributed by atoms with Crippen LogP contribution in [0.1, 0.15) is 374 Å². The van der Waals surface area contributed by atoms with Gasteiger partial charge in [-0.15, -0.1) is 0 Å². The Bertz CT molecular complexity index is 1070. The van der Waals surface area contributed by atoms with Crippen molar-refractivity contribution < 1.29 is 28.6 Å². The molecule has 0 aliphatic heterocycles. The van der Waals surface area contributed by atoms with Crippen LogP contribution in [0.15, 0.2) is 0 Å². The predicted octanol–water partition coefficient (Wildman–Crippen LogP) is 21.7. The fourth-order valence-corrected chi connectivity index (χ4v) is 10.2. The number of unbranched alkanes of at least 4 members (excludes halogenated alkanes) is 47. The van der Waals surface area contributed by atoms with E-state index in [0.717, 1.165) is 63.7 Å². The van der Waals surface area contributed by atoms with Gasteiger partial charge in [0, 0.05) is 19.3 Å². The number of ether oxygens (including phenoxy) is 3. The van der Waals surface area contributed by atoms with Gasteiger partial charge in [0.05, 0.1) is 0 Å². The van der Waals surface area contributed by atoms with Gasteiger partial charge in [-0.3, -0.25) is 14.4 Å². The van der Waals surface area contributed by atoms with Crippen molar-refractivity contribution in [3.63, 3.8) is 0 Å². The topological polar surface area (TPSA) is 78.9 Å². The number of esters is 3. The largest absolute Gasteiger partial charge is 0.462 e. The molecule has 0 aliphatic carbocycles. The molecule has 0 aromatic rings. The van der Waals surface area contributed by atoms with E-state index < -0.39 is 6.10 Å². The molecule has 0 spiro atoms. The molecule has 0 unspecified atom stereocenters. The van der Waals surface area contributed by atoms with Crippen molar-refractivity contribution in [3.8, 4) is 0 Å². The fraction of sp³-hybridized carbons (Fsp3) is 0.954. The molecule has 422 valence electrons. The number of rotatable bonds is 60. The summed E-state index contributed by atoms with van der Waals surface area (Å²) >= 11 is 0. The molecule has 0 bridgehead atoms. The van der Waals surface area contributed by atoms with Gasteiger partial charge in [0.2, 0.25) is 0 Å². The highest BCUT2D eigenvalue weighted by molar-refractivity contribution is 5.71. The molecule has 0 saturated carbocycles. The molecule has 1 atom stereocenters. The molecular formula is C65H126O6. The van der Waals surface area contributed by atoms with Crippen molar-refractivity contribution in [1.82, 2.24) is 0 Å². The number of carbonyl (C=O) groups is 3. The molecule has 0 aromatic carbocycles. The van der Waals surface area contributed by atoms with Crippen molar-refractivity contribution in [2.75, 3.05) is 13.2 Å². The lowest BCUT2D eigenvalue weighted by Gasteiger charge is -2.18. The third-order valence-electron chi connectivity index (χ3n) is 15.0. The first-order chi connectivity index (χ1) is 34.9. The Labute approximate surface area is 444 Å². The molecule has 0 N–H and O–H groups in total. The highest BCUT2D eigenvalue weighted by Gasteiger charge is 2.19. The van der Waals surface area contributed by atoms with Crippen molar-refractivity contribution in [2.24, 2.45) is 5.92 Å². The minimum atomic E-state index is -0.763. The summed E-state index contributed by atoms with van der Waals surface area (Å²) in [5.74, 6) is 0.0128. The van der Waals surface area contributed by atoms with Crippen LogP contribution in [0.2, 0.25) is 0 Å². The lowest BCUT2D eigenvalue weighted by atomic mass is 10.0. The molecular weight excluding hydrogens is 877 g/mol. The normalized spacial score (nSPS) is 12.0. The van der Waals surface area contributed by atoms with Crippen LogP contribution in [0.3, 0.4) is 0 Å². The summed E-state index contributed by atoms with van der Waals surface area (Å²) in [6.07, 6.45) is 66.8. The van der Waals surface area contributed by atoms with Crippen LogP contribution in [-0.4, -0.2) is 37.2 Å². The Kier molecular flexibility index (Phi) is 58.0. The molecule has 71 heavy (non-hydrogen) atoms. The first kappa shape index (κ1) is 69.4. The highest BCUT2D eigenvalue weighted by atomic mass is 16.6. The summed E-state index contributed by atoms with van der Waals surface area (Å²) in [5, 5.41) is 0. The third-order valence-corrected chi connectivity index (χ3v) is 15.0. The Morgan fingerprint density at radius 2 is 0.465 bits per heavy atom. The van der Waals surface area contributed by atoms with Gasteiger partial charge in [-0.25, -0.2) is 0 Å². The zero-order valence-corrected chi connectivity index (χ0v) is 48.7. The summed E-state index contributed by atoms with van der Waals surface area (Å²) in [5.41, 5.74) is 0. The molecule has 0 rings (SSSR count). The summed E-state index contributed by atoms with van der Waals surface area (Å²) in [6, 6.07) is 0. The standard InChI is InChI=1S/C65H126O6/c1-5-7-9-11-13-15-17-19-21-23-25-27-28-32-36-40-44-48-52-56-63(66)69-59-62(60-70-64(67)57-53-49-45-41-37-34-30-31-35-39-43-47-51-55-61(3)4)71-65(68)58-54-50-46-42-38-33-29-26-24-22-20-18-16-14-12-10-8-6-2/h61-62H,5-60H2,1-4H3/t62-/m1/s1. The second kappa shape index (κ2) is 59.3. The lowest BCUT2D eigenvalue weighted by molar-refractivity contribution is -0.167. The molecule has 0 saturated heterocycles. The van der Waals surface area contributed by atoms with E-state index in [9.17, 15) is 14.4 Å². The van der Waals surface area contributed by atoms with Gasteiger partial charge in [-0.2, -0.15) is 0 Å². The molecule has 0 radical (unpaired) electrons. The van der Waals surface area contributed by atoms with Crippen molar-refractivity contribution in [3.05, 3.63) is 0 Å². The van der Waals surface area contributed by atoms with Gasteiger partial charge in [-0.1, -0.05) is 336 Å². The molecule has 0 fully saturated rings. The van der Waals surface area contributed by atoms with E-state index in [2.05, 4.69) is 27.7 Å². The summed E-state index contributed by atoms with van der Waals surface area (Å²) in [4.78, 5) is 38.3. The molecule has 0 aliphatic rings. The average molecular weight is 1000 g/mol. The molecule has 0 heterocycles. The average Bonchev–Trinajstić information content (AvgIpc) is 3.36. The van der Waals surface area contributed by atoms with Crippen LogP contribution in [0.4, 0.5) is 0 Å². The van der Waals surface area contributed by atoms with Gasteiger partial charge < -0.3 is 14.2 Å². The quantitative estimate of drug-likeness (QED) is 0.0343. The first-order valence-electron chi connectivity index (χ1n) is 32.4. The minimum absolute atomic E-state index is 0.0611. The maximum atomic E-state index is 12.9. The van der Waals surface area contributed by atoms with Crippen LogP contribution in [0.25, 0.3) is 0 Å². The maximum absolute atomic E-state index is 12.9. The van der Waals surface area contributed by atoms with E-state index in [0.29, 0.717) is 19.3 Å². The molecule has 0 aromatic heterocycles. The van der Waals surface area contributed by atoms with E-state index in [1.165, 1.54) is 270 Å². The summed E-state index contributed by atoms with van der Waals surface area (Å²) < 4.78 is 17.0. The fourth-order valence-electron chi connectivity index (χ4n) is 10.2. The van der Waals surface area contributed by atoms with Gasteiger partial charge in [0.1, 0.15) is 13.2 Å². The van der Waals surface area contributed by atoms with Crippen LogP contribution in [0.5, 0.6) is 0 Å². The maximum Gasteiger partial charge on any atom is 0.306 e. The van der Waals surface area contributed by atoms with E-state index >= 15 is 0 Å². The van der Waals surface area contributed by atoms with Gasteiger partial charge in [-0.05, 0) is 25.2 Å². The van der Waals surface area contributed by atoms with Gasteiger partial charge in [0.15, 0.2) is 6.10 Å². The Morgan fingerprint density at radius 3 is 0.690 bits per heavy atom. The third kappa shape index (κ3) is 59.2. The van der Waals surface area contributed by atoms with Crippen molar-refractivity contribution >= 4 is 17.9 Å². The number of hydrogen-bond donors (Lipinski definition) is 0. The van der Waals surface area contributed by atoms with Crippen LogP contribution >= 0.6 is 0 Å². The Balaban J connectivity index is 4.28. The highest BCUT2D eigenvalue weighted by Crippen LogP contribution is 2.19. The smallest absolute Gasteiger partial charge is 0.306 e. The number of hydrogen-bond acceptors (Lipinski definition) is 6. The van der Waals surface area contributed by atoms with Crippen LogP contribution in [0, 0.1) is 5.92 Å². The zero-order chi connectivity index (χ0) is 51.6. The number of carbonyl (C=O) groups excluding carboxylic acids is 3. The van der Waals surface area contributed by atoms with E-state index in [1.807, 2.05) is 0 Å². The summed E-state index contributed by atoms with van der Waals surface area (Å²) in [7, 11) is 0. The molecule has 0 amide bonds. The van der Waals surface area contributed by atoms with Gasteiger partial charge in [0.25, 0.3) is 0 Å². The minimum Gasteiger partial charge on any atom is -0.462 e. The molecule has 6 nitrogen and oxygen atoms in total. The molecule has 6 heteroatoms. The lowest BCUT2D eigenvalue weighted by Crippen LogP contribution is -2.30. The second-order valence-corrected chi connectivity index (χ2v) is 22.9. The van der Waals surface area contributed by atoms with E-state index in [1.54, 1.807) is 0 Å². The Morgan fingerprint density at radius 1 is 0.268 bits per heavy atom. The first-order valence-corrected chi connectivity index (χ1v) is 32.4. The predicted molar refractivity (Wildman–Crippen MR) is 307 cm³/mol. The summed E-state index contributed by atoms with van der Waals surface area (Å²) in [6.45, 7) is 9.09. The van der Waals surface area contributed by atoms with Crippen molar-refractivity contribution in [2.45, 2.75) is 381 Å². The second-order valence-electron chi connectivity index (χ2n) is 22.9.